The van der Waals surface area contributed by atoms with Crippen LogP contribution in [0.3, 0.4) is 0 Å². The quantitative estimate of drug-likeness (QED) is 0.941. The van der Waals surface area contributed by atoms with Crippen LogP contribution in [0.4, 0.5) is 0 Å². The van der Waals surface area contributed by atoms with Crippen molar-refractivity contribution in [1.82, 2.24) is 5.32 Å². The van der Waals surface area contributed by atoms with Gasteiger partial charge in [-0.15, -0.1) is 0 Å². The molecular weight excluding hydrogens is 302 g/mol. The van der Waals surface area contributed by atoms with E-state index < -0.39 is 6.10 Å². The largest absolute Gasteiger partial charge is 0.485 e. The Hall–Kier alpha value is -2.49. The summed E-state index contributed by atoms with van der Waals surface area (Å²) in [7, 11) is 0. The Balaban J connectivity index is 1.40. The van der Waals surface area contributed by atoms with Crippen molar-refractivity contribution in [1.29, 1.82) is 0 Å². The van der Waals surface area contributed by atoms with Crippen LogP contribution in [0.2, 0.25) is 0 Å². The molecule has 2 aliphatic rings. The fraction of sp³-hybridized carbons (Fsp3) is 0.350. The van der Waals surface area contributed by atoms with Gasteiger partial charge in [-0.2, -0.15) is 0 Å². The normalized spacial score (nSPS) is 20.8. The molecule has 1 amide bonds. The Labute approximate surface area is 141 Å². The van der Waals surface area contributed by atoms with Crippen molar-refractivity contribution in [3.63, 3.8) is 0 Å². The van der Waals surface area contributed by atoms with Gasteiger partial charge in [0.1, 0.15) is 6.61 Å². The average Bonchev–Trinajstić information content (AvgIpc) is 2.61. The van der Waals surface area contributed by atoms with Gasteiger partial charge >= 0.3 is 0 Å². The number of carbonyl (C=O) groups excluding carboxylic acids is 1. The number of para-hydroxylation sites is 2. The number of amides is 1. The number of fused-ring (bicyclic) bond motifs is 1. The van der Waals surface area contributed by atoms with E-state index in [1.165, 1.54) is 12.0 Å². The van der Waals surface area contributed by atoms with Crippen molar-refractivity contribution in [2.75, 3.05) is 13.2 Å². The van der Waals surface area contributed by atoms with E-state index in [0.29, 0.717) is 18.0 Å². The molecule has 1 saturated carbocycles. The monoisotopic (exact) mass is 323 g/mol. The number of hydrogen-bond acceptors (Lipinski definition) is 3. The second-order valence-corrected chi connectivity index (χ2v) is 6.58. The highest BCUT2D eigenvalue weighted by atomic mass is 16.6. The molecular formula is C20H21NO3. The zero-order valence-corrected chi connectivity index (χ0v) is 13.5. The maximum absolute atomic E-state index is 12.5. The van der Waals surface area contributed by atoms with Crippen LogP contribution in [0.25, 0.3) is 0 Å². The van der Waals surface area contributed by atoms with Gasteiger partial charge in [-0.05, 0) is 30.5 Å². The summed E-state index contributed by atoms with van der Waals surface area (Å²) in [6.07, 6.45) is 2.85. The average molecular weight is 323 g/mol. The second-order valence-electron chi connectivity index (χ2n) is 6.58. The highest BCUT2D eigenvalue weighted by Gasteiger charge is 2.39. The first-order valence-corrected chi connectivity index (χ1v) is 8.49. The Morgan fingerprint density at radius 1 is 1.04 bits per heavy atom. The summed E-state index contributed by atoms with van der Waals surface area (Å²) in [5, 5.41) is 3.08. The second kappa shape index (κ2) is 6.19. The molecule has 0 bridgehead atoms. The lowest BCUT2D eigenvalue weighted by Crippen LogP contribution is -2.50. The Kier molecular flexibility index (Phi) is 3.89. The number of nitrogens with one attached hydrogen (secondary N) is 1. The Morgan fingerprint density at radius 3 is 2.46 bits per heavy atom. The molecule has 0 aromatic heterocycles. The predicted octanol–water partition coefficient (Wildman–Crippen LogP) is 3.06. The molecule has 1 N–H and O–H groups in total. The van der Waals surface area contributed by atoms with Crippen LogP contribution in [-0.4, -0.2) is 25.2 Å². The summed E-state index contributed by atoms with van der Waals surface area (Å²) >= 11 is 0. The lowest BCUT2D eigenvalue weighted by atomic mass is 9.64. The minimum Gasteiger partial charge on any atom is -0.485 e. The fourth-order valence-electron chi connectivity index (χ4n) is 3.48. The third kappa shape index (κ3) is 2.73. The molecule has 4 heteroatoms. The molecule has 1 aliphatic heterocycles. The summed E-state index contributed by atoms with van der Waals surface area (Å²) in [5.74, 6) is 1.22. The highest BCUT2D eigenvalue weighted by Crippen LogP contribution is 2.43. The van der Waals surface area contributed by atoms with E-state index in [9.17, 15) is 4.79 Å². The molecule has 4 nitrogen and oxygen atoms in total. The van der Waals surface area contributed by atoms with Crippen molar-refractivity contribution in [2.45, 2.75) is 30.8 Å². The fourth-order valence-corrected chi connectivity index (χ4v) is 3.48. The van der Waals surface area contributed by atoms with Crippen molar-refractivity contribution in [3.8, 4) is 11.5 Å². The number of ether oxygens (including phenoxy) is 2. The van der Waals surface area contributed by atoms with E-state index >= 15 is 0 Å². The first-order chi connectivity index (χ1) is 11.8. The number of rotatable bonds is 4. The minimum absolute atomic E-state index is 0.0738. The Bertz CT molecular complexity index is 725. The van der Waals surface area contributed by atoms with E-state index in [1.807, 2.05) is 30.3 Å². The van der Waals surface area contributed by atoms with Crippen LogP contribution in [0.1, 0.15) is 24.8 Å². The number of benzene rings is 2. The SMILES string of the molecule is O=C(NCC1(c2ccccc2)CCC1)[C@@H]1COc2ccccc2O1. The van der Waals surface area contributed by atoms with E-state index in [2.05, 4.69) is 29.6 Å². The van der Waals surface area contributed by atoms with Crippen LogP contribution in [0.5, 0.6) is 11.5 Å². The van der Waals surface area contributed by atoms with Gasteiger partial charge in [0.15, 0.2) is 11.5 Å². The van der Waals surface area contributed by atoms with Gasteiger partial charge in [0, 0.05) is 12.0 Å². The molecule has 124 valence electrons. The molecule has 24 heavy (non-hydrogen) atoms. The van der Waals surface area contributed by atoms with Gasteiger partial charge in [-0.1, -0.05) is 48.9 Å². The maximum atomic E-state index is 12.5. The highest BCUT2D eigenvalue weighted by molar-refractivity contribution is 5.82. The third-order valence-corrected chi connectivity index (χ3v) is 5.10. The smallest absolute Gasteiger partial charge is 0.264 e. The molecule has 0 unspecified atom stereocenters. The van der Waals surface area contributed by atoms with Crippen LogP contribution in [0.15, 0.2) is 54.6 Å². The van der Waals surface area contributed by atoms with Crippen LogP contribution in [0, 0.1) is 0 Å². The van der Waals surface area contributed by atoms with E-state index in [-0.39, 0.29) is 17.9 Å². The van der Waals surface area contributed by atoms with Crippen LogP contribution >= 0.6 is 0 Å². The van der Waals surface area contributed by atoms with Crippen LogP contribution < -0.4 is 14.8 Å². The molecule has 2 aromatic carbocycles. The summed E-state index contributed by atoms with van der Waals surface area (Å²) in [4.78, 5) is 12.5. The van der Waals surface area contributed by atoms with Crippen LogP contribution in [-0.2, 0) is 10.2 Å². The number of hydrogen-bond donors (Lipinski definition) is 1. The molecule has 0 saturated heterocycles. The van der Waals surface area contributed by atoms with Gasteiger partial charge in [-0.25, -0.2) is 0 Å². The molecule has 4 rings (SSSR count). The van der Waals surface area contributed by atoms with Crippen molar-refractivity contribution in [3.05, 3.63) is 60.2 Å². The predicted molar refractivity (Wildman–Crippen MR) is 91.3 cm³/mol. The number of carbonyl (C=O) groups is 1. The summed E-state index contributed by atoms with van der Waals surface area (Å²) in [6.45, 7) is 0.901. The molecule has 0 radical (unpaired) electrons. The third-order valence-electron chi connectivity index (χ3n) is 5.10. The van der Waals surface area contributed by atoms with Gasteiger partial charge in [0.25, 0.3) is 5.91 Å². The molecule has 1 fully saturated rings. The lowest BCUT2D eigenvalue weighted by Gasteiger charge is -2.43. The first-order valence-electron chi connectivity index (χ1n) is 8.49. The molecule has 1 heterocycles. The zero-order chi connectivity index (χ0) is 16.4. The zero-order valence-electron chi connectivity index (χ0n) is 13.5. The topological polar surface area (TPSA) is 47.6 Å². The maximum Gasteiger partial charge on any atom is 0.264 e. The van der Waals surface area contributed by atoms with Crippen molar-refractivity contribution >= 4 is 5.91 Å². The van der Waals surface area contributed by atoms with E-state index in [1.54, 1.807) is 0 Å². The summed E-state index contributed by atoms with van der Waals surface area (Å²) in [6, 6.07) is 17.9. The van der Waals surface area contributed by atoms with E-state index in [0.717, 1.165) is 12.8 Å². The molecule has 0 spiro atoms. The standard InChI is InChI=1S/C20H21NO3/c22-19(18-13-23-16-9-4-5-10-17(16)24-18)21-14-20(11-6-12-20)15-7-2-1-3-8-15/h1-5,7-10,18H,6,11-14H2,(H,21,22)/t18-/m0/s1. The first kappa shape index (κ1) is 15.1. The summed E-state index contributed by atoms with van der Waals surface area (Å²) in [5.41, 5.74) is 1.38. The molecule has 1 atom stereocenters. The lowest BCUT2D eigenvalue weighted by molar-refractivity contribution is -0.130. The molecule has 1 aliphatic carbocycles. The van der Waals surface area contributed by atoms with E-state index in [4.69, 9.17) is 9.47 Å². The van der Waals surface area contributed by atoms with Crippen molar-refractivity contribution in [2.24, 2.45) is 0 Å². The molecule has 2 aromatic rings. The Morgan fingerprint density at radius 2 is 1.75 bits per heavy atom. The van der Waals surface area contributed by atoms with Gasteiger partial charge in [0.05, 0.1) is 0 Å². The van der Waals surface area contributed by atoms with Gasteiger partial charge < -0.3 is 14.8 Å². The van der Waals surface area contributed by atoms with Gasteiger partial charge in [-0.3, -0.25) is 4.79 Å². The van der Waals surface area contributed by atoms with Crippen molar-refractivity contribution < 1.29 is 14.3 Å². The van der Waals surface area contributed by atoms with Gasteiger partial charge in [0.2, 0.25) is 6.10 Å². The minimum atomic E-state index is -0.590. The summed E-state index contributed by atoms with van der Waals surface area (Å²) < 4.78 is 11.4.